The third-order valence-corrected chi connectivity index (χ3v) is 3.14. The monoisotopic (exact) mass is 326 g/mol. The second-order valence-corrected chi connectivity index (χ2v) is 5.20. The molecule has 94 valence electrons. The Labute approximate surface area is 119 Å². The minimum absolute atomic E-state index is 0.151. The van der Waals surface area contributed by atoms with Gasteiger partial charge in [0.2, 0.25) is 0 Å². The quantitative estimate of drug-likeness (QED) is 0.918. The van der Waals surface area contributed by atoms with E-state index in [0.29, 0.717) is 16.6 Å². The molecule has 1 aromatic heterocycles. The number of aromatic nitrogens is 1. The van der Waals surface area contributed by atoms with Crippen LogP contribution in [0.1, 0.15) is 18.6 Å². The fraction of sp³-hybridized carbons (Fsp3) is 0.154. The Hall–Kier alpha value is -1.26. The number of nitrogens with two attached hydrogens (primary N) is 1. The maximum absolute atomic E-state index is 5.95. The van der Waals surface area contributed by atoms with Crippen molar-refractivity contribution in [3.8, 4) is 5.75 Å². The van der Waals surface area contributed by atoms with Crippen LogP contribution in [-0.4, -0.2) is 4.98 Å². The first-order valence-corrected chi connectivity index (χ1v) is 6.56. The largest absolute Gasteiger partial charge is 0.482 e. The van der Waals surface area contributed by atoms with Crippen molar-refractivity contribution in [3.63, 3.8) is 0 Å². The van der Waals surface area contributed by atoms with E-state index in [1.54, 1.807) is 12.3 Å². The van der Waals surface area contributed by atoms with Gasteiger partial charge in [-0.05, 0) is 46.6 Å². The van der Waals surface area contributed by atoms with Gasteiger partial charge in [-0.1, -0.05) is 23.7 Å². The molecule has 0 saturated heterocycles. The fourth-order valence-electron chi connectivity index (χ4n) is 1.54. The fourth-order valence-corrected chi connectivity index (χ4v) is 2.05. The highest BCUT2D eigenvalue weighted by Gasteiger charge is 2.10. The Morgan fingerprint density at radius 2 is 2.17 bits per heavy atom. The van der Waals surface area contributed by atoms with E-state index in [9.17, 15) is 0 Å². The minimum atomic E-state index is -0.151. The number of nitrogens with zero attached hydrogens (tertiary/aromatic N) is 1. The molecule has 0 amide bonds. The molecule has 0 aliphatic rings. The van der Waals surface area contributed by atoms with Gasteiger partial charge in [0.05, 0.1) is 0 Å². The van der Waals surface area contributed by atoms with Gasteiger partial charge in [-0.15, -0.1) is 0 Å². The zero-order valence-corrected chi connectivity index (χ0v) is 12.1. The number of anilines is 1. The van der Waals surface area contributed by atoms with Gasteiger partial charge in [0, 0.05) is 15.7 Å². The number of hydrogen-bond donors (Lipinski definition) is 1. The lowest BCUT2D eigenvalue weighted by Gasteiger charge is -2.16. The summed E-state index contributed by atoms with van der Waals surface area (Å²) in [6, 6.07) is 9.34. The molecular formula is C13H12BrClN2O. The summed E-state index contributed by atoms with van der Waals surface area (Å²) in [6.45, 7) is 1.94. The molecule has 0 bridgehead atoms. The number of nitrogen functional groups attached to an aromatic ring is 1. The zero-order valence-electron chi connectivity index (χ0n) is 9.73. The number of hydrogen-bond acceptors (Lipinski definition) is 3. The zero-order chi connectivity index (χ0) is 13.1. The van der Waals surface area contributed by atoms with Gasteiger partial charge in [0.15, 0.2) is 11.6 Å². The van der Waals surface area contributed by atoms with Crippen molar-refractivity contribution in [2.45, 2.75) is 13.0 Å². The number of halogens is 2. The molecule has 1 atom stereocenters. The molecule has 0 radical (unpaired) electrons. The van der Waals surface area contributed by atoms with Gasteiger partial charge in [-0.2, -0.15) is 0 Å². The highest BCUT2D eigenvalue weighted by Crippen LogP contribution is 2.29. The summed E-state index contributed by atoms with van der Waals surface area (Å²) in [7, 11) is 0. The highest BCUT2D eigenvalue weighted by molar-refractivity contribution is 9.10. The van der Waals surface area contributed by atoms with E-state index < -0.39 is 0 Å². The summed E-state index contributed by atoms with van der Waals surface area (Å²) in [4.78, 5) is 4.02. The molecule has 0 aliphatic carbocycles. The average molecular weight is 328 g/mol. The Morgan fingerprint density at radius 3 is 2.89 bits per heavy atom. The molecule has 5 heteroatoms. The van der Waals surface area contributed by atoms with Crippen LogP contribution in [0.4, 0.5) is 5.82 Å². The second-order valence-electron chi connectivity index (χ2n) is 3.85. The summed E-state index contributed by atoms with van der Waals surface area (Å²) >= 11 is 9.28. The SMILES string of the molecule is C[C@@H](Oc1cc(Br)cnc1N)c1cccc(Cl)c1. The van der Waals surface area contributed by atoms with Gasteiger partial charge in [-0.3, -0.25) is 0 Å². The van der Waals surface area contributed by atoms with E-state index in [1.165, 1.54) is 0 Å². The van der Waals surface area contributed by atoms with Crippen molar-refractivity contribution in [2.24, 2.45) is 0 Å². The number of pyridine rings is 1. The standard InChI is InChI=1S/C13H12BrClN2O/c1-8(9-3-2-4-11(15)5-9)18-12-6-10(14)7-17-13(12)16/h2-8H,1H3,(H2,16,17)/t8-/m1/s1. The lowest BCUT2D eigenvalue weighted by atomic mass is 10.1. The molecule has 2 aromatic rings. The molecule has 0 spiro atoms. The smallest absolute Gasteiger partial charge is 0.166 e. The molecule has 1 aromatic carbocycles. The first kappa shape index (κ1) is 13.2. The van der Waals surface area contributed by atoms with E-state index in [0.717, 1.165) is 10.0 Å². The average Bonchev–Trinajstić information content (AvgIpc) is 2.34. The van der Waals surface area contributed by atoms with E-state index in [-0.39, 0.29) is 6.10 Å². The Morgan fingerprint density at radius 1 is 1.39 bits per heavy atom. The van der Waals surface area contributed by atoms with Crippen molar-refractivity contribution in [1.29, 1.82) is 0 Å². The highest BCUT2D eigenvalue weighted by atomic mass is 79.9. The Kier molecular flexibility index (Phi) is 4.09. The Balaban J connectivity index is 2.21. The summed E-state index contributed by atoms with van der Waals surface area (Å²) < 4.78 is 6.61. The number of benzene rings is 1. The van der Waals surface area contributed by atoms with Gasteiger partial charge < -0.3 is 10.5 Å². The summed E-state index contributed by atoms with van der Waals surface area (Å²) in [6.07, 6.45) is 1.48. The van der Waals surface area contributed by atoms with Crippen LogP contribution in [0.5, 0.6) is 5.75 Å². The second kappa shape index (κ2) is 5.59. The van der Waals surface area contributed by atoms with Crippen molar-refractivity contribution in [3.05, 3.63) is 51.6 Å². The van der Waals surface area contributed by atoms with Crippen LogP contribution in [0.2, 0.25) is 5.02 Å². The van der Waals surface area contributed by atoms with Crippen LogP contribution in [-0.2, 0) is 0 Å². The predicted molar refractivity (Wildman–Crippen MR) is 76.8 cm³/mol. The minimum Gasteiger partial charge on any atom is -0.482 e. The molecule has 0 saturated carbocycles. The molecule has 0 unspecified atom stereocenters. The van der Waals surface area contributed by atoms with Gasteiger partial charge in [-0.25, -0.2) is 4.98 Å². The van der Waals surface area contributed by atoms with E-state index >= 15 is 0 Å². The summed E-state index contributed by atoms with van der Waals surface area (Å²) in [5.41, 5.74) is 6.75. The molecule has 0 fully saturated rings. The Bertz CT molecular complexity index is 562. The van der Waals surface area contributed by atoms with Crippen LogP contribution >= 0.6 is 27.5 Å². The number of ether oxygens (including phenoxy) is 1. The van der Waals surface area contributed by atoms with E-state index in [4.69, 9.17) is 22.1 Å². The van der Waals surface area contributed by atoms with Crippen LogP contribution in [0.3, 0.4) is 0 Å². The summed E-state index contributed by atoms with van der Waals surface area (Å²) in [5.74, 6) is 0.920. The molecule has 2 N–H and O–H groups in total. The number of rotatable bonds is 3. The van der Waals surface area contributed by atoms with Crippen molar-refractivity contribution < 1.29 is 4.74 Å². The topological polar surface area (TPSA) is 48.1 Å². The van der Waals surface area contributed by atoms with Gasteiger partial charge >= 0.3 is 0 Å². The van der Waals surface area contributed by atoms with Gasteiger partial charge in [0.25, 0.3) is 0 Å². The van der Waals surface area contributed by atoms with Crippen LogP contribution in [0.25, 0.3) is 0 Å². The lowest BCUT2D eigenvalue weighted by molar-refractivity contribution is 0.227. The third kappa shape index (κ3) is 3.15. The molecule has 2 rings (SSSR count). The maximum atomic E-state index is 5.95. The normalized spacial score (nSPS) is 12.2. The first-order chi connectivity index (χ1) is 8.56. The van der Waals surface area contributed by atoms with Crippen molar-refractivity contribution in [1.82, 2.24) is 4.98 Å². The van der Waals surface area contributed by atoms with Crippen molar-refractivity contribution in [2.75, 3.05) is 5.73 Å². The summed E-state index contributed by atoms with van der Waals surface area (Å²) in [5, 5.41) is 0.684. The van der Waals surface area contributed by atoms with Crippen LogP contribution < -0.4 is 10.5 Å². The van der Waals surface area contributed by atoms with Gasteiger partial charge in [0.1, 0.15) is 6.10 Å². The predicted octanol–water partition coefficient (Wildman–Crippen LogP) is 4.22. The third-order valence-electron chi connectivity index (χ3n) is 2.47. The molecule has 0 aliphatic heterocycles. The van der Waals surface area contributed by atoms with Crippen LogP contribution in [0.15, 0.2) is 41.0 Å². The molecular weight excluding hydrogens is 316 g/mol. The van der Waals surface area contributed by atoms with E-state index in [1.807, 2.05) is 31.2 Å². The molecule has 3 nitrogen and oxygen atoms in total. The maximum Gasteiger partial charge on any atom is 0.166 e. The lowest BCUT2D eigenvalue weighted by Crippen LogP contribution is -2.05. The van der Waals surface area contributed by atoms with Crippen molar-refractivity contribution >= 4 is 33.3 Å². The molecule has 1 heterocycles. The molecule has 18 heavy (non-hydrogen) atoms. The van der Waals surface area contributed by atoms with E-state index in [2.05, 4.69) is 20.9 Å². The first-order valence-electron chi connectivity index (χ1n) is 5.39. The van der Waals surface area contributed by atoms with Crippen LogP contribution in [0, 0.1) is 0 Å².